The smallest absolute Gasteiger partial charge is 0.324 e. The van der Waals surface area contributed by atoms with Crippen LogP contribution in [0.5, 0.6) is 0 Å². The van der Waals surface area contributed by atoms with Crippen LogP contribution in [-0.2, 0) is 11.0 Å². The summed E-state index contributed by atoms with van der Waals surface area (Å²) < 4.78 is 38.7. The van der Waals surface area contributed by atoms with E-state index < -0.39 is 17.6 Å². The number of nitrogens with one attached hydrogen (secondary N) is 2. The number of alkyl halides is 3. The summed E-state index contributed by atoms with van der Waals surface area (Å²) in [6.07, 6.45) is -4.65. The van der Waals surface area contributed by atoms with Crippen molar-refractivity contribution in [1.29, 1.82) is 5.26 Å². The van der Waals surface area contributed by atoms with Crippen molar-refractivity contribution in [3.63, 3.8) is 0 Å². The minimum Gasteiger partial charge on any atom is -0.324 e. The molecule has 0 fully saturated rings. The van der Waals surface area contributed by atoms with Gasteiger partial charge in [0.25, 0.3) is 0 Å². The molecule has 0 saturated carbocycles. The molecule has 114 valence electrons. The molecule has 0 aliphatic heterocycles. The molecule has 0 saturated heterocycles. The van der Waals surface area contributed by atoms with Crippen LogP contribution in [0.4, 0.5) is 18.9 Å². The highest BCUT2D eigenvalue weighted by Crippen LogP contribution is 2.35. The molecule has 0 spiro atoms. The van der Waals surface area contributed by atoms with Gasteiger partial charge in [-0.15, -0.1) is 0 Å². The predicted octanol–water partition coefficient (Wildman–Crippen LogP) is 2.90. The van der Waals surface area contributed by atoms with E-state index in [1.54, 1.807) is 6.07 Å². The number of rotatable bonds is 3. The van der Waals surface area contributed by atoms with Gasteiger partial charge < -0.3 is 10.6 Å². The third-order valence-corrected chi connectivity index (χ3v) is 2.51. The number of hydrogen-bond donors (Lipinski definition) is 2. The van der Waals surface area contributed by atoms with E-state index in [0.717, 1.165) is 6.07 Å². The minimum absolute atomic E-state index is 0.110. The van der Waals surface area contributed by atoms with Crippen LogP contribution in [0.1, 0.15) is 31.9 Å². The zero-order valence-corrected chi connectivity index (χ0v) is 11.9. The van der Waals surface area contributed by atoms with Crippen molar-refractivity contribution in [3.05, 3.63) is 29.3 Å². The molecule has 1 aromatic carbocycles. The molecule has 0 aliphatic rings. The Hall–Kier alpha value is -2.07. The molecule has 1 aromatic rings. The summed E-state index contributed by atoms with van der Waals surface area (Å²) in [7, 11) is 0. The van der Waals surface area contributed by atoms with E-state index in [1.165, 1.54) is 6.07 Å². The van der Waals surface area contributed by atoms with E-state index in [9.17, 15) is 18.0 Å². The van der Waals surface area contributed by atoms with Crippen molar-refractivity contribution < 1.29 is 18.0 Å². The number of carbonyl (C=O) groups is 1. The summed E-state index contributed by atoms with van der Waals surface area (Å²) in [6, 6.07) is 4.66. The molecule has 0 unspecified atom stereocenters. The third kappa shape index (κ3) is 5.44. The fourth-order valence-corrected chi connectivity index (χ4v) is 1.50. The number of anilines is 1. The van der Waals surface area contributed by atoms with E-state index in [0.29, 0.717) is 6.07 Å². The van der Waals surface area contributed by atoms with Crippen molar-refractivity contribution in [2.24, 2.45) is 0 Å². The molecule has 7 heteroatoms. The fourth-order valence-electron chi connectivity index (χ4n) is 1.50. The molecule has 21 heavy (non-hydrogen) atoms. The van der Waals surface area contributed by atoms with Crippen LogP contribution in [0.15, 0.2) is 18.2 Å². The second-order valence-electron chi connectivity index (χ2n) is 5.52. The highest BCUT2D eigenvalue weighted by molar-refractivity contribution is 5.93. The van der Waals surface area contributed by atoms with Crippen molar-refractivity contribution in [2.75, 3.05) is 11.9 Å². The first-order valence-electron chi connectivity index (χ1n) is 6.19. The lowest BCUT2D eigenvalue weighted by Gasteiger charge is -2.20. The van der Waals surface area contributed by atoms with Crippen LogP contribution in [0.3, 0.4) is 0 Å². The summed E-state index contributed by atoms with van der Waals surface area (Å²) in [5.74, 6) is -0.583. The van der Waals surface area contributed by atoms with Crippen molar-refractivity contribution in [1.82, 2.24) is 5.32 Å². The average Bonchev–Trinajstić information content (AvgIpc) is 2.35. The summed E-state index contributed by atoms with van der Waals surface area (Å²) in [4.78, 5) is 11.7. The van der Waals surface area contributed by atoms with Crippen LogP contribution < -0.4 is 10.6 Å². The van der Waals surface area contributed by atoms with E-state index in [1.807, 2.05) is 20.8 Å². The maximum Gasteiger partial charge on any atom is 0.418 e. The van der Waals surface area contributed by atoms with E-state index in [2.05, 4.69) is 10.6 Å². The summed E-state index contributed by atoms with van der Waals surface area (Å²) >= 11 is 0. The van der Waals surface area contributed by atoms with Crippen LogP contribution in [0.25, 0.3) is 0 Å². The number of nitrogens with zero attached hydrogens (tertiary/aromatic N) is 1. The van der Waals surface area contributed by atoms with Gasteiger partial charge in [0.05, 0.1) is 29.4 Å². The molecule has 0 radical (unpaired) electrons. The van der Waals surface area contributed by atoms with Gasteiger partial charge in [0.2, 0.25) is 5.91 Å². The molecule has 1 rings (SSSR count). The number of hydrogen-bond acceptors (Lipinski definition) is 3. The predicted molar refractivity (Wildman–Crippen MR) is 72.5 cm³/mol. The van der Waals surface area contributed by atoms with Gasteiger partial charge in [-0.1, -0.05) is 0 Å². The molecule has 2 N–H and O–H groups in total. The van der Waals surface area contributed by atoms with Crippen LogP contribution in [-0.4, -0.2) is 18.0 Å². The van der Waals surface area contributed by atoms with Gasteiger partial charge in [-0.3, -0.25) is 4.79 Å². The molecule has 0 atom stereocenters. The largest absolute Gasteiger partial charge is 0.418 e. The number of amides is 1. The minimum atomic E-state index is -4.65. The number of halogens is 3. The highest BCUT2D eigenvalue weighted by Gasteiger charge is 2.34. The molecule has 1 amide bonds. The molecular weight excluding hydrogens is 283 g/mol. The van der Waals surface area contributed by atoms with Gasteiger partial charge in [-0.05, 0) is 39.0 Å². The normalized spacial score (nSPS) is 11.9. The molecule has 4 nitrogen and oxygen atoms in total. The van der Waals surface area contributed by atoms with E-state index >= 15 is 0 Å². The number of nitriles is 1. The molecule has 0 heterocycles. The Morgan fingerprint density at radius 2 is 1.90 bits per heavy atom. The fraction of sp³-hybridized carbons (Fsp3) is 0.429. The van der Waals surface area contributed by atoms with E-state index in [4.69, 9.17) is 5.26 Å². The van der Waals surface area contributed by atoms with Gasteiger partial charge in [-0.25, -0.2) is 0 Å². The zero-order chi connectivity index (χ0) is 16.3. The Balaban J connectivity index is 2.93. The third-order valence-electron chi connectivity index (χ3n) is 2.51. The quantitative estimate of drug-likeness (QED) is 0.902. The van der Waals surface area contributed by atoms with Crippen molar-refractivity contribution in [2.45, 2.75) is 32.5 Å². The standard InChI is InChI=1S/C14H16F3N3O/c1-13(2,3)19-8-12(21)20-11-5-4-9(7-18)6-10(11)14(15,16)17/h4-6,19H,8H2,1-3H3,(H,20,21). The van der Waals surface area contributed by atoms with Gasteiger partial charge in [-0.2, -0.15) is 18.4 Å². The molecule has 0 bridgehead atoms. The summed E-state index contributed by atoms with van der Waals surface area (Å²) in [6.45, 7) is 5.40. The first kappa shape index (κ1) is 17.0. The monoisotopic (exact) mass is 299 g/mol. The lowest BCUT2D eigenvalue weighted by molar-refractivity contribution is -0.137. The van der Waals surface area contributed by atoms with E-state index in [-0.39, 0.29) is 23.3 Å². The van der Waals surface area contributed by atoms with Gasteiger partial charge in [0.15, 0.2) is 0 Å². The summed E-state index contributed by atoms with van der Waals surface area (Å²) in [5.41, 5.74) is -1.84. The lowest BCUT2D eigenvalue weighted by atomic mass is 10.1. The second kappa shape index (κ2) is 6.14. The topological polar surface area (TPSA) is 64.9 Å². The highest BCUT2D eigenvalue weighted by atomic mass is 19.4. The number of carbonyl (C=O) groups excluding carboxylic acids is 1. The Bertz CT molecular complexity index is 568. The van der Waals surface area contributed by atoms with Crippen molar-refractivity contribution >= 4 is 11.6 Å². The molecular formula is C14H16F3N3O. The summed E-state index contributed by atoms with van der Waals surface area (Å²) in [5, 5.41) is 13.7. The van der Waals surface area contributed by atoms with Gasteiger partial charge in [0.1, 0.15) is 0 Å². The van der Waals surface area contributed by atoms with Crippen LogP contribution >= 0.6 is 0 Å². The van der Waals surface area contributed by atoms with Gasteiger partial charge in [0, 0.05) is 5.54 Å². The Morgan fingerprint density at radius 1 is 1.29 bits per heavy atom. The van der Waals surface area contributed by atoms with Crippen molar-refractivity contribution in [3.8, 4) is 6.07 Å². The molecule has 0 aliphatic carbocycles. The molecule has 0 aromatic heterocycles. The zero-order valence-electron chi connectivity index (χ0n) is 11.9. The maximum absolute atomic E-state index is 12.9. The lowest BCUT2D eigenvalue weighted by Crippen LogP contribution is -2.41. The number of benzene rings is 1. The first-order chi connectivity index (χ1) is 9.53. The Kier molecular flexibility index (Phi) is 4.97. The Labute approximate surface area is 121 Å². The average molecular weight is 299 g/mol. The Morgan fingerprint density at radius 3 is 2.38 bits per heavy atom. The van der Waals surface area contributed by atoms with Crippen LogP contribution in [0, 0.1) is 11.3 Å². The first-order valence-corrected chi connectivity index (χ1v) is 6.19. The van der Waals surface area contributed by atoms with Crippen LogP contribution in [0.2, 0.25) is 0 Å². The maximum atomic E-state index is 12.9. The SMILES string of the molecule is CC(C)(C)NCC(=O)Nc1ccc(C#N)cc1C(F)(F)F. The van der Waals surface area contributed by atoms with Gasteiger partial charge >= 0.3 is 6.18 Å². The second-order valence-corrected chi connectivity index (χ2v) is 5.52.